The van der Waals surface area contributed by atoms with Crippen LogP contribution in [0, 0.1) is 10.1 Å². The molecule has 1 aliphatic rings. The lowest BCUT2D eigenvalue weighted by atomic mass is 10.2. The van der Waals surface area contributed by atoms with E-state index in [2.05, 4.69) is 0 Å². The maximum absolute atomic E-state index is 12.0. The maximum Gasteiger partial charge on any atom is 0.338 e. The van der Waals surface area contributed by atoms with Gasteiger partial charge >= 0.3 is 11.9 Å². The van der Waals surface area contributed by atoms with E-state index in [4.69, 9.17) is 9.47 Å². The van der Waals surface area contributed by atoms with Crippen LogP contribution in [0.1, 0.15) is 36.5 Å². The summed E-state index contributed by atoms with van der Waals surface area (Å²) in [5.41, 5.74) is 0.138. The maximum atomic E-state index is 12.0. The second-order valence-corrected chi connectivity index (χ2v) is 4.83. The lowest BCUT2D eigenvalue weighted by molar-refractivity contribution is -0.384. The Morgan fingerprint density at radius 1 is 1.14 bits per heavy atom. The molecule has 1 aromatic carbocycles. The summed E-state index contributed by atoms with van der Waals surface area (Å²) in [4.78, 5) is 33.0. The monoisotopic (exact) mass is 293 g/mol. The van der Waals surface area contributed by atoms with E-state index in [0.717, 1.165) is 6.42 Å². The third-order valence-corrected chi connectivity index (χ3v) is 3.28. The number of carbonyl (C=O) groups excluding carboxylic acids is 2. The molecule has 21 heavy (non-hydrogen) atoms. The first kappa shape index (κ1) is 15.0. The van der Waals surface area contributed by atoms with E-state index in [1.54, 1.807) is 0 Å². The minimum absolute atomic E-state index is 0.0924. The van der Waals surface area contributed by atoms with Gasteiger partial charge < -0.3 is 9.47 Å². The standard InChI is InChI=1S/C14H15NO6/c1-9(16)20-12-3-2-4-13(12)21-14(17)10-5-7-11(8-6-10)15(18)19/h5-8,12-13H,2-4H2,1H3/t12-,13-/m1/s1. The van der Waals surface area contributed by atoms with Gasteiger partial charge in [-0.2, -0.15) is 0 Å². The first-order valence-electron chi connectivity index (χ1n) is 6.60. The summed E-state index contributed by atoms with van der Waals surface area (Å²) in [5, 5.41) is 10.5. The molecule has 0 bridgehead atoms. The Bertz CT molecular complexity index is 553. The van der Waals surface area contributed by atoms with Crippen molar-refractivity contribution in [3.63, 3.8) is 0 Å². The highest BCUT2D eigenvalue weighted by Gasteiger charge is 2.33. The number of nitro groups is 1. The molecule has 0 unspecified atom stereocenters. The van der Waals surface area contributed by atoms with Gasteiger partial charge in [0.05, 0.1) is 10.5 Å². The molecule has 0 aromatic heterocycles. The van der Waals surface area contributed by atoms with E-state index in [-0.39, 0.29) is 11.3 Å². The lowest BCUT2D eigenvalue weighted by Crippen LogP contribution is -2.30. The summed E-state index contributed by atoms with van der Waals surface area (Å²) in [7, 11) is 0. The topological polar surface area (TPSA) is 95.7 Å². The molecule has 7 heteroatoms. The molecule has 1 fully saturated rings. The van der Waals surface area contributed by atoms with E-state index < -0.39 is 29.1 Å². The minimum atomic E-state index is -0.575. The van der Waals surface area contributed by atoms with E-state index in [1.807, 2.05) is 0 Å². The van der Waals surface area contributed by atoms with E-state index in [0.29, 0.717) is 12.8 Å². The Labute approximate surface area is 121 Å². The molecule has 1 aliphatic carbocycles. The number of hydrogen-bond acceptors (Lipinski definition) is 6. The fraction of sp³-hybridized carbons (Fsp3) is 0.429. The second kappa shape index (κ2) is 6.34. The molecule has 0 heterocycles. The molecule has 0 aliphatic heterocycles. The number of ether oxygens (including phenoxy) is 2. The van der Waals surface area contributed by atoms with Gasteiger partial charge in [-0.3, -0.25) is 14.9 Å². The number of esters is 2. The van der Waals surface area contributed by atoms with Gasteiger partial charge in [0.15, 0.2) is 0 Å². The molecule has 112 valence electrons. The van der Waals surface area contributed by atoms with Crippen LogP contribution in [-0.4, -0.2) is 29.1 Å². The average molecular weight is 293 g/mol. The van der Waals surface area contributed by atoms with Crippen LogP contribution in [0.2, 0.25) is 0 Å². The number of benzene rings is 1. The number of nitrogens with zero attached hydrogens (tertiary/aromatic N) is 1. The van der Waals surface area contributed by atoms with Crippen molar-refractivity contribution in [2.75, 3.05) is 0 Å². The zero-order valence-electron chi connectivity index (χ0n) is 11.5. The van der Waals surface area contributed by atoms with Gasteiger partial charge in [0.25, 0.3) is 5.69 Å². The molecule has 1 saturated carbocycles. The van der Waals surface area contributed by atoms with Crippen LogP contribution >= 0.6 is 0 Å². The quantitative estimate of drug-likeness (QED) is 0.480. The van der Waals surface area contributed by atoms with Gasteiger partial charge in [-0.05, 0) is 31.4 Å². The summed E-state index contributed by atoms with van der Waals surface area (Å²) >= 11 is 0. The zero-order valence-corrected chi connectivity index (χ0v) is 11.5. The second-order valence-electron chi connectivity index (χ2n) is 4.83. The molecule has 7 nitrogen and oxygen atoms in total. The van der Waals surface area contributed by atoms with Gasteiger partial charge in [0, 0.05) is 19.1 Å². The lowest BCUT2D eigenvalue weighted by Gasteiger charge is -2.19. The highest BCUT2D eigenvalue weighted by molar-refractivity contribution is 5.89. The summed E-state index contributed by atoms with van der Waals surface area (Å²) in [6, 6.07) is 5.18. The van der Waals surface area contributed by atoms with Crippen molar-refractivity contribution >= 4 is 17.6 Å². The summed E-state index contributed by atoms with van der Waals surface area (Å²) in [6.07, 6.45) is 1.24. The molecule has 0 N–H and O–H groups in total. The average Bonchev–Trinajstić information content (AvgIpc) is 2.85. The zero-order chi connectivity index (χ0) is 15.4. The predicted molar refractivity (Wildman–Crippen MR) is 71.7 cm³/mol. The Balaban J connectivity index is 2.00. The summed E-state index contributed by atoms with van der Waals surface area (Å²) in [5.74, 6) is -0.979. The summed E-state index contributed by atoms with van der Waals surface area (Å²) < 4.78 is 10.4. The van der Waals surface area contributed by atoms with E-state index >= 15 is 0 Å². The van der Waals surface area contributed by atoms with Crippen molar-refractivity contribution in [1.29, 1.82) is 0 Å². The first-order valence-corrected chi connectivity index (χ1v) is 6.60. The van der Waals surface area contributed by atoms with Gasteiger partial charge in [-0.15, -0.1) is 0 Å². The van der Waals surface area contributed by atoms with Crippen molar-refractivity contribution in [2.45, 2.75) is 38.4 Å². The number of hydrogen-bond donors (Lipinski definition) is 0. The molecule has 2 rings (SSSR count). The fourth-order valence-electron chi connectivity index (χ4n) is 2.30. The third kappa shape index (κ3) is 3.77. The largest absolute Gasteiger partial charge is 0.459 e. The molecule has 0 radical (unpaired) electrons. The third-order valence-electron chi connectivity index (χ3n) is 3.28. The highest BCUT2D eigenvalue weighted by Crippen LogP contribution is 2.26. The normalized spacial score (nSPS) is 20.8. The van der Waals surface area contributed by atoms with Crippen molar-refractivity contribution in [2.24, 2.45) is 0 Å². The Hall–Kier alpha value is -2.44. The van der Waals surface area contributed by atoms with Crippen LogP contribution < -0.4 is 0 Å². The van der Waals surface area contributed by atoms with Gasteiger partial charge in [0.2, 0.25) is 0 Å². The predicted octanol–water partition coefficient (Wildman–Crippen LogP) is 2.24. The molecule has 0 saturated heterocycles. The SMILES string of the molecule is CC(=O)O[C@@H]1CCC[C@H]1OC(=O)c1ccc([N+](=O)[O-])cc1. The van der Waals surface area contributed by atoms with Crippen LogP contribution in [0.3, 0.4) is 0 Å². The fourth-order valence-corrected chi connectivity index (χ4v) is 2.30. The first-order chi connectivity index (χ1) is 9.97. The molecule has 2 atom stereocenters. The highest BCUT2D eigenvalue weighted by atomic mass is 16.6. The van der Waals surface area contributed by atoms with Crippen molar-refractivity contribution in [3.05, 3.63) is 39.9 Å². The number of nitro benzene ring substituents is 1. The minimum Gasteiger partial charge on any atom is -0.459 e. The van der Waals surface area contributed by atoms with Gasteiger partial charge in [0.1, 0.15) is 12.2 Å². The van der Waals surface area contributed by atoms with Crippen LogP contribution in [0.25, 0.3) is 0 Å². The number of non-ortho nitro benzene ring substituents is 1. The molecule has 0 amide bonds. The van der Waals surface area contributed by atoms with Crippen molar-refractivity contribution in [3.8, 4) is 0 Å². The molecular weight excluding hydrogens is 278 g/mol. The van der Waals surface area contributed by atoms with Crippen LogP contribution in [-0.2, 0) is 14.3 Å². The molecule has 1 aromatic rings. The smallest absolute Gasteiger partial charge is 0.338 e. The van der Waals surface area contributed by atoms with Crippen LogP contribution in [0.4, 0.5) is 5.69 Å². The van der Waals surface area contributed by atoms with E-state index in [1.165, 1.54) is 31.2 Å². The van der Waals surface area contributed by atoms with Crippen LogP contribution in [0.15, 0.2) is 24.3 Å². The Morgan fingerprint density at radius 2 is 1.71 bits per heavy atom. The van der Waals surface area contributed by atoms with E-state index in [9.17, 15) is 19.7 Å². The number of carbonyl (C=O) groups is 2. The number of rotatable bonds is 4. The summed E-state index contributed by atoms with van der Waals surface area (Å²) in [6.45, 7) is 1.31. The van der Waals surface area contributed by atoms with Crippen molar-refractivity contribution in [1.82, 2.24) is 0 Å². The Morgan fingerprint density at radius 3 is 2.24 bits per heavy atom. The Kier molecular flexibility index (Phi) is 4.52. The van der Waals surface area contributed by atoms with Gasteiger partial charge in [-0.25, -0.2) is 4.79 Å². The molecular formula is C14H15NO6. The van der Waals surface area contributed by atoms with Crippen LogP contribution in [0.5, 0.6) is 0 Å². The van der Waals surface area contributed by atoms with Gasteiger partial charge in [-0.1, -0.05) is 0 Å². The molecule has 0 spiro atoms. The van der Waals surface area contributed by atoms with Crippen molar-refractivity contribution < 1.29 is 24.0 Å².